The zero-order valence-corrected chi connectivity index (χ0v) is 24.9. The van der Waals surface area contributed by atoms with E-state index in [9.17, 15) is 0 Å². The molecule has 0 saturated heterocycles. The van der Waals surface area contributed by atoms with Gasteiger partial charge in [0.25, 0.3) is 0 Å². The minimum absolute atomic E-state index is 0. The molecule has 0 aliphatic carbocycles. The number of aryl methyl sites for hydroxylation is 2. The van der Waals surface area contributed by atoms with Crippen LogP contribution in [0.3, 0.4) is 0 Å². The fourth-order valence-corrected chi connectivity index (χ4v) is 3.43. The third kappa shape index (κ3) is 11.2. The van der Waals surface area contributed by atoms with E-state index in [4.69, 9.17) is 0 Å². The van der Waals surface area contributed by atoms with Crippen molar-refractivity contribution in [2.24, 2.45) is 0 Å². The number of hydrogen-bond acceptors (Lipinski definition) is 1. The molecule has 0 saturated carbocycles. The summed E-state index contributed by atoms with van der Waals surface area (Å²) in [5.74, 6) is 1.23. The molecule has 0 N–H and O–H groups in total. The summed E-state index contributed by atoms with van der Waals surface area (Å²) < 4.78 is 0. The smallest absolute Gasteiger partial charge is 0 e. The number of thiophene rings is 1. The van der Waals surface area contributed by atoms with Crippen LogP contribution in [-0.4, -0.2) is 0 Å². The molecule has 2 radical (unpaired) electrons. The van der Waals surface area contributed by atoms with Crippen molar-refractivity contribution in [2.45, 2.75) is 87.0 Å². The predicted octanol–water partition coefficient (Wildman–Crippen LogP) is 7.74. The standard InChI is InChI=1S/C11H15.C10H15S.C2H6.2Y/c1-4-10-6-5-7-11(8-10)9(2)3;1-5-10-8(4)9(6-11-10)7(2)3;1-2;;/h5-6,8-9H,4H2,1-3H3;7H,5H2,1-4H3;1-2H3;;/q2*-1;;;. The molecular formula is C23H36SY2-2. The number of rotatable bonds is 4. The fraction of sp³-hybridized carbons (Fsp3) is 0.565. The molecule has 3 heteroatoms. The van der Waals surface area contributed by atoms with E-state index in [1.54, 1.807) is 11.3 Å². The quantitative estimate of drug-likeness (QED) is 0.361. The van der Waals surface area contributed by atoms with Crippen molar-refractivity contribution in [2.75, 3.05) is 0 Å². The molecule has 26 heavy (non-hydrogen) atoms. The van der Waals surface area contributed by atoms with E-state index in [1.165, 1.54) is 27.1 Å². The van der Waals surface area contributed by atoms with Gasteiger partial charge in [0.1, 0.15) is 0 Å². The second-order valence-corrected chi connectivity index (χ2v) is 7.24. The van der Waals surface area contributed by atoms with Crippen molar-refractivity contribution in [1.29, 1.82) is 0 Å². The van der Waals surface area contributed by atoms with Gasteiger partial charge in [-0.2, -0.15) is 46.5 Å². The Morgan fingerprint density at radius 2 is 1.54 bits per heavy atom. The minimum atomic E-state index is 0. The van der Waals surface area contributed by atoms with Crippen LogP contribution in [0.5, 0.6) is 0 Å². The van der Waals surface area contributed by atoms with Gasteiger partial charge in [-0.15, -0.1) is 10.3 Å². The summed E-state index contributed by atoms with van der Waals surface area (Å²) in [5, 5.41) is 3.37. The molecule has 0 fully saturated rings. The monoisotopic (exact) mass is 522 g/mol. The molecule has 0 aliphatic rings. The van der Waals surface area contributed by atoms with Crippen LogP contribution in [0.25, 0.3) is 0 Å². The summed E-state index contributed by atoms with van der Waals surface area (Å²) in [7, 11) is 0. The normalized spacial score (nSPS) is 9.35. The molecule has 2 rings (SSSR count). The van der Waals surface area contributed by atoms with E-state index in [0.717, 1.165) is 12.8 Å². The maximum atomic E-state index is 3.37. The Kier molecular flexibility index (Phi) is 22.2. The zero-order valence-electron chi connectivity index (χ0n) is 18.4. The number of benzene rings is 1. The van der Waals surface area contributed by atoms with Crippen molar-refractivity contribution < 1.29 is 65.4 Å². The van der Waals surface area contributed by atoms with Gasteiger partial charge in [-0.1, -0.05) is 75.2 Å². The Balaban J connectivity index is -0.000000347. The summed E-state index contributed by atoms with van der Waals surface area (Å²) in [6.45, 7) is 19.4. The molecule has 142 valence electrons. The molecular weight excluding hydrogens is 486 g/mol. The van der Waals surface area contributed by atoms with Crippen molar-refractivity contribution >= 4 is 11.3 Å². The Hall–Kier alpha value is 1.13. The van der Waals surface area contributed by atoms with Crippen LogP contribution in [0.15, 0.2) is 18.2 Å². The van der Waals surface area contributed by atoms with Crippen LogP contribution < -0.4 is 0 Å². The van der Waals surface area contributed by atoms with Crippen LogP contribution in [0.2, 0.25) is 0 Å². The number of hydrogen-bond donors (Lipinski definition) is 0. The van der Waals surface area contributed by atoms with Crippen LogP contribution in [-0.2, 0) is 78.3 Å². The van der Waals surface area contributed by atoms with E-state index in [2.05, 4.69) is 72.0 Å². The topological polar surface area (TPSA) is 0 Å². The zero-order chi connectivity index (χ0) is 18.7. The third-order valence-corrected chi connectivity index (χ3v) is 5.09. The molecule has 2 aromatic rings. The summed E-state index contributed by atoms with van der Waals surface area (Å²) in [5.41, 5.74) is 5.61. The average Bonchev–Trinajstić information content (AvgIpc) is 2.98. The first-order valence-corrected chi connectivity index (χ1v) is 10.2. The van der Waals surface area contributed by atoms with Gasteiger partial charge < -0.3 is 0 Å². The maximum absolute atomic E-state index is 3.37. The van der Waals surface area contributed by atoms with E-state index < -0.39 is 0 Å². The SMILES string of the molecule is CC.CCc1cc[c-]c(C(C)C)c1.CCc1s[c-]c(C(C)C)c1C.[Y].[Y]. The van der Waals surface area contributed by atoms with E-state index in [0.29, 0.717) is 11.8 Å². The molecule has 0 amide bonds. The first kappa shape index (κ1) is 31.8. The molecule has 1 heterocycles. The van der Waals surface area contributed by atoms with Gasteiger partial charge in [-0.25, -0.2) is 0 Å². The Morgan fingerprint density at radius 1 is 0.962 bits per heavy atom. The average molecular weight is 522 g/mol. The summed E-state index contributed by atoms with van der Waals surface area (Å²) in [6, 6.07) is 9.64. The Bertz CT molecular complexity index is 571. The molecule has 0 spiro atoms. The third-order valence-electron chi connectivity index (χ3n) is 3.92. The molecule has 0 atom stereocenters. The van der Waals surface area contributed by atoms with Gasteiger partial charge in [-0.05, 0) is 11.8 Å². The van der Waals surface area contributed by atoms with Crippen LogP contribution in [0.1, 0.15) is 94.4 Å². The van der Waals surface area contributed by atoms with Crippen LogP contribution >= 0.6 is 11.3 Å². The van der Waals surface area contributed by atoms with Crippen LogP contribution in [0, 0.1) is 18.4 Å². The maximum Gasteiger partial charge on any atom is 0 e. The molecule has 1 aromatic heterocycles. The van der Waals surface area contributed by atoms with Gasteiger partial charge >= 0.3 is 0 Å². The van der Waals surface area contributed by atoms with Gasteiger partial charge in [-0.3, -0.25) is 11.3 Å². The first-order chi connectivity index (χ1) is 11.4. The van der Waals surface area contributed by atoms with Crippen molar-refractivity contribution in [3.8, 4) is 0 Å². The molecule has 1 aromatic carbocycles. The van der Waals surface area contributed by atoms with Crippen molar-refractivity contribution in [3.63, 3.8) is 0 Å². The van der Waals surface area contributed by atoms with Gasteiger partial charge in [0.2, 0.25) is 0 Å². The summed E-state index contributed by atoms with van der Waals surface area (Å²) in [6.07, 6.45) is 2.27. The fourth-order valence-electron chi connectivity index (χ4n) is 2.40. The van der Waals surface area contributed by atoms with E-state index >= 15 is 0 Å². The predicted molar refractivity (Wildman–Crippen MR) is 111 cm³/mol. The van der Waals surface area contributed by atoms with Crippen molar-refractivity contribution in [1.82, 2.24) is 0 Å². The summed E-state index contributed by atoms with van der Waals surface area (Å²) in [4.78, 5) is 1.49. The van der Waals surface area contributed by atoms with Gasteiger partial charge in [0.15, 0.2) is 0 Å². The van der Waals surface area contributed by atoms with Crippen molar-refractivity contribution in [3.05, 3.63) is 56.8 Å². The second kappa shape index (κ2) is 18.2. The van der Waals surface area contributed by atoms with E-state index in [-0.39, 0.29) is 65.4 Å². The largest absolute Gasteiger partial charge is 0.300 e. The second-order valence-electron chi connectivity index (χ2n) is 6.33. The molecule has 0 unspecified atom stereocenters. The molecule has 0 bridgehead atoms. The molecule has 0 nitrogen and oxygen atoms in total. The summed E-state index contributed by atoms with van der Waals surface area (Å²) >= 11 is 1.78. The Labute approximate surface area is 218 Å². The minimum Gasteiger partial charge on any atom is -0.300 e. The first-order valence-electron chi connectivity index (χ1n) is 9.40. The van der Waals surface area contributed by atoms with E-state index in [1.807, 2.05) is 19.9 Å². The molecule has 0 aliphatic heterocycles. The van der Waals surface area contributed by atoms with Gasteiger partial charge in [0.05, 0.1) is 0 Å². The Morgan fingerprint density at radius 3 is 1.88 bits per heavy atom. The van der Waals surface area contributed by atoms with Crippen LogP contribution in [0.4, 0.5) is 0 Å². The van der Waals surface area contributed by atoms with Gasteiger partial charge in [0, 0.05) is 65.4 Å².